The lowest BCUT2D eigenvalue weighted by atomic mass is 9.80. The molecule has 9 nitrogen and oxygen atoms in total. The number of urea groups is 1. The summed E-state index contributed by atoms with van der Waals surface area (Å²) in [5.41, 5.74) is -0.250. The molecular weight excluding hydrogens is 330 g/mol. The van der Waals surface area contributed by atoms with Gasteiger partial charge in [-0.25, -0.2) is 4.79 Å². The molecule has 1 heterocycles. The van der Waals surface area contributed by atoms with Gasteiger partial charge in [0.15, 0.2) is 0 Å². The average Bonchev–Trinajstić information content (AvgIpc) is 2.46. The number of amides is 2. The predicted molar refractivity (Wildman–Crippen MR) is 92.0 cm³/mol. The first kappa shape index (κ1) is 22.1. The number of carbonyl (C=O) groups is 1. The van der Waals surface area contributed by atoms with Gasteiger partial charge in [-0.2, -0.15) is 0 Å². The van der Waals surface area contributed by atoms with E-state index in [9.17, 15) is 25.2 Å². The van der Waals surface area contributed by atoms with Crippen LogP contribution < -0.4 is 16.0 Å². The van der Waals surface area contributed by atoms with E-state index in [0.29, 0.717) is 0 Å². The summed E-state index contributed by atoms with van der Waals surface area (Å²) in [5, 5.41) is 55.9. The number of hydrogen-bond donors (Lipinski definition) is 8. The lowest BCUT2D eigenvalue weighted by Crippen LogP contribution is -2.63. The molecule has 9 heteroatoms. The molecule has 0 aromatic carbocycles. The smallest absolute Gasteiger partial charge is 0.315 e. The van der Waals surface area contributed by atoms with Gasteiger partial charge in [0.05, 0.1) is 12.7 Å². The first-order valence-electron chi connectivity index (χ1n) is 8.54. The number of piperidine rings is 1. The standard InChI is InChI=1S/C16H33N3O6/c1-15(2)5-9(6-16(3,4)19-15)18-14(25)17-7-10(21)12(23)13(24)11(22)8-20/h9-13,19-24H,5-8H2,1-4H3,(H2,17,18,25). The van der Waals surface area contributed by atoms with Gasteiger partial charge in [-0.05, 0) is 40.5 Å². The molecule has 4 unspecified atom stereocenters. The highest BCUT2D eigenvalue weighted by Gasteiger charge is 2.38. The zero-order valence-corrected chi connectivity index (χ0v) is 15.4. The molecule has 0 aromatic heterocycles. The first-order valence-corrected chi connectivity index (χ1v) is 8.54. The van der Waals surface area contributed by atoms with Crippen molar-refractivity contribution in [3.8, 4) is 0 Å². The highest BCUT2D eigenvalue weighted by atomic mass is 16.4. The van der Waals surface area contributed by atoms with Crippen LogP contribution in [0.1, 0.15) is 40.5 Å². The summed E-state index contributed by atoms with van der Waals surface area (Å²) in [4.78, 5) is 12.0. The van der Waals surface area contributed by atoms with Crippen LogP contribution in [-0.4, -0.2) is 86.3 Å². The second-order valence-corrected chi connectivity index (χ2v) is 8.15. The summed E-state index contributed by atoms with van der Waals surface area (Å²) < 4.78 is 0. The SMILES string of the molecule is CC1(C)CC(NC(=O)NCC(O)C(O)C(O)C(O)CO)CC(C)(C)N1. The quantitative estimate of drug-likeness (QED) is 0.261. The van der Waals surface area contributed by atoms with Gasteiger partial charge in [-0.1, -0.05) is 0 Å². The maximum atomic E-state index is 12.0. The number of hydrogen-bond acceptors (Lipinski definition) is 7. The molecule has 2 amide bonds. The Labute approximate surface area is 148 Å². The van der Waals surface area contributed by atoms with Crippen LogP contribution in [0.4, 0.5) is 4.79 Å². The van der Waals surface area contributed by atoms with Crippen molar-refractivity contribution >= 4 is 6.03 Å². The van der Waals surface area contributed by atoms with Gasteiger partial charge in [0.25, 0.3) is 0 Å². The maximum absolute atomic E-state index is 12.0. The molecule has 0 bridgehead atoms. The zero-order valence-electron chi connectivity index (χ0n) is 15.4. The van der Waals surface area contributed by atoms with Gasteiger partial charge in [0.1, 0.15) is 18.3 Å². The fourth-order valence-corrected chi connectivity index (χ4v) is 3.54. The van der Waals surface area contributed by atoms with Gasteiger partial charge >= 0.3 is 6.03 Å². The molecule has 0 radical (unpaired) electrons. The normalized spacial score (nSPS) is 24.8. The van der Waals surface area contributed by atoms with Crippen molar-refractivity contribution in [2.45, 2.75) is 82.1 Å². The highest BCUT2D eigenvalue weighted by Crippen LogP contribution is 2.28. The van der Waals surface area contributed by atoms with Crippen molar-refractivity contribution < 1.29 is 30.3 Å². The Morgan fingerprint density at radius 2 is 1.52 bits per heavy atom. The van der Waals surface area contributed by atoms with Crippen LogP contribution in [0.25, 0.3) is 0 Å². The molecule has 148 valence electrons. The van der Waals surface area contributed by atoms with Gasteiger partial charge in [0, 0.05) is 23.7 Å². The Balaban J connectivity index is 2.46. The predicted octanol–water partition coefficient (Wildman–Crippen LogP) is -1.97. The Kier molecular flexibility index (Phi) is 7.60. The van der Waals surface area contributed by atoms with Crippen LogP contribution in [0.3, 0.4) is 0 Å². The third-order valence-corrected chi connectivity index (χ3v) is 4.32. The van der Waals surface area contributed by atoms with Crippen LogP contribution in [-0.2, 0) is 0 Å². The number of carbonyl (C=O) groups excluding carboxylic acids is 1. The lowest BCUT2D eigenvalue weighted by molar-refractivity contribution is -0.113. The molecule has 4 atom stereocenters. The van der Waals surface area contributed by atoms with E-state index in [0.717, 1.165) is 12.8 Å². The monoisotopic (exact) mass is 363 g/mol. The van der Waals surface area contributed by atoms with Crippen LogP contribution >= 0.6 is 0 Å². The van der Waals surface area contributed by atoms with Crippen molar-refractivity contribution in [2.24, 2.45) is 0 Å². The van der Waals surface area contributed by atoms with E-state index >= 15 is 0 Å². The minimum Gasteiger partial charge on any atom is -0.394 e. The molecule has 1 aliphatic heterocycles. The van der Waals surface area contributed by atoms with E-state index in [2.05, 4.69) is 43.6 Å². The fourth-order valence-electron chi connectivity index (χ4n) is 3.54. The van der Waals surface area contributed by atoms with E-state index in [4.69, 9.17) is 5.11 Å². The molecule has 25 heavy (non-hydrogen) atoms. The second kappa shape index (κ2) is 8.61. The van der Waals surface area contributed by atoms with E-state index in [1.54, 1.807) is 0 Å². The van der Waals surface area contributed by atoms with Crippen LogP contribution in [0.5, 0.6) is 0 Å². The van der Waals surface area contributed by atoms with Crippen molar-refractivity contribution in [1.29, 1.82) is 0 Å². The summed E-state index contributed by atoms with van der Waals surface area (Å²) in [5.74, 6) is 0. The first-order chi connectivity index (χ1) is 11.4. The van der Waals surface area contributed by atoms with Crippen LogP contribution in [0.2, 0.25) is 0 Å². The maximum Gasteiger partial charge on any atom is 0.315 e. The van der Waals surface area contributed by atoms with E-state index in [-0.39, 0.29) is 23.7 Å². The average molecular weight is 363 g/mol. The van der Waals surface area contributed by atoms with Crippen molar-refractivity contribution in [1.82, 2.24) is 16.0 Å². The second-order valence-electron chi connectivity index (χ2n) is 8.15. The third-order valence-electron chi connectivity index (χ3n) is 4.32. The van der Waals surface area contributed by atoms with Crippen LogP contribution in [0.15, 0.2) is 0 Å². The Morgan fingerprint density at radius 1 is 1.04 bits per heavy atom. The largest absolute Gasteiger partial charge is 0.394 e. The molecule has 1 rings (SSSR count). The number of aliphatic hydroxyl groups is 5. The van der Waals surface area contributed by atoms with Gasteiger partial charge < -0.3 is 41.5 Å². The summed E-state index contributed by atoms with van der Waals surface area (Å²) >= 11 is 0. The van der Waals surface area contributed by atoms with Crippen LogP contribution in [0, 0.1) is 0 Å². The van der Waals surface area contributed by atoms with Crippen molar-refractivity contribution in [2.75, 3.05) is 13.2 Å². The molecule has 0 aromatic rings. The van der Waals surface area contributed by atoms with E-state index < -0.39 is 37.1 Å². The fraction of sp³-hybridized carbons (Fsp3) is 0.938. The topological polar surface area (TPSA) is 154 Å². The van der Waals surface area contributed by atoms with Gasteiger partial charge in [-0.3, -0.25) is 0 Å². The summed E-state index contributed by atoms with van der Waals surface area (Å²) in [6.07, 6.45) is -4.97. The Morgan fingerprint density at radius 3 is 2.00 bits per heavy atom. The Bertz CT molecular complexity index is 430. The summed E-state index contributed by atoms with van der Waals surface area (Å²) in [7, 11) is 0. The molecule has 0 aliphatic carbocycles. The zero-order chi connectivity index (χ0) is 19.4. The minimum atomic E-state index is -1.71. The Hall–Kier alpha value is -0.970. The number of aliphatic hydroxyl groups excluding tert-OH is 5. The molecule has 1 saturated heterocycles. The highest BCUT2D eigenvalue weighted by molar-refractivity contribution is 5.74. The molecule has 1 fully saturated rings. The van der Waals surface area contributed by atoms with Crippen molar-refractivity contribution in [3.05, 3.63) is 0 Å². The molecule has 0 spiro atoms. The molecule has 8 N–H and O–H groups in total. The minimum absolute atomic E-state index is 0.0462. The van der Waals surface area contributed by atoms with Gasteiger partial charge in [0.2, 0.25) is 0 Å². The summed E-state index contributed by atoms with van der Waals surface area (Å²) in [6, 6.07) is -0.530. The lowest BCUT2D eigenvalue weighted by Gasteiger charge is -2.46. The number of rotatable bonds is 7. The number of nitrogens with one attached hydrogen (secondary N) is 3. The third kappa shape index (κ3) is 7.04. The molecule has 0 saturated carbocycles. The van der Waals surface area contributed by atoms with Gasteiger partial charge in [-0.15, -0.1) is 0 Å². The van der Waals surface area contributed by atoms with Crippen molar-refractivity contribution in [3.63, 3.8) is 0 Å². The van der Waals surface area contributed by atoms with E-state index in [1.165, 1.54) is 0 Å². The molecule has 1 aliphatic rings. The summed E-state index contributed by atoms with van der Waals surface area (Å²) in [6.45, 7) is 7.20. The molecular formula is C16H33N3O6. The van der Waals surface area contributed by atoms with E-state index in [1.807, 2.05) is 0 Å².